The Morgan fingerprint density at radius 2 is 1.93 bits per heavy atom. The van der Waals surface area contributed by atoms with E-state index in [9.17, 15) is 4.79 Å². The molecule has 0 aliphatic carbocycles. The summed E-state index contributed by atoms with van der Waals surface area (Å²) in [6.07, 6.45) is 0.655. The topological polar surface area (TPSA) is 67.3 Å². The number of ether oxygens (including phenoxy) is 1. The Labute approximate surface area is 164 Å². The van der Waals surface area contributed by atoms with E-state index in [4.69, 9.17) is 4.74 Å². The van der Waals surface area contributed by atoms with Crippen LogP contribution in [-0.4, -0.2) is 23.2 Å². The minimum atomic E-state index is -0.124. The molecule has 6 nitrogen and oxygen atoms in total. The lowest BCUT2D eigenvalue weighted by molar-refractivity contribution is -0.126. The first-order chi connectivity index (χ1) is 13.7. The zero-order valence-corrected chi connectivity index (χ0v) is 16.0. The van der Waals surface area contributed by atoms with Crippen molar-refractivity contribution >= 4 is 16.8 Å². The van der Waals surface area contributed by atoms with E-state index in [2.05, 4.69) is 58.0 Å². The van der Waals surface area contributed by atoms with Gasteiger partial charge in [0.1, 0.15) is 6.61 Å². The van der Waals surface area contributed by atoms with Crippen molar-refractivity contribution < 1.29 is 9.53 Å². The van der Waals surface area contributed by atoms with Crippen LogP contribution in [0, 0.1) is 0 Å². The number of para-hydroxylation sites is 1. The Morgan fingerprint density at radius 3 is 2.75 bits per heavy atom. The summed E-state index contributed by atoms with van der Waals surface area (Å²) in [5.74, 6) is -0.119. The highest BCUT2D eigenvalue weighted by atomic mass is 16.5. The van der Waals surface area contributed by atoms with Crippen molar-refractivity contribution in [3.8, 4) is 0 Å². The van der Waals surface area contributed by atoms with Crippen molar-refractivity contribution in [3.05, 3.63) is 71.9 Å². The third kappa shape index (κ3) is 4.09. The average molecular weight is 378 g/mol. The second kappa shape index (κ2) is 8.56. The Kier molecular flexibility index (Phi) is 5.71. The van der Waals surface area contributed by atoms with Crippen LogP contribution >= 0.6 is 0 Å². The molecular weight excluding hydrogens is 352 g/mol. The van der Waals surface area contributed by atoms with E-state index >= 15 is 0 Å². The van der Waals surface area contributed by atoms with Crippen LogP contribution in [0.5, 0.6) is 0 Å². The molecule has 3 aromatic rings. The summed E-state index contributed by atoms with van der Waals surface area (Å²) in [4.78, 5) is 12.2. The van der Waals surface area contributed by atoms with Gasteiger partial charge in [-0.25, -0.2) is 10.9 Å². The smallest absolute Gasteiger partial charge is 0.247 e. The molecule has 0 bridgehead atoms. The van der Waals surface area contributed by atoms with Crippen molar-refractivity contribution in [2.45, 2.75) is 38.7 Å². The highest BCUT2D eigenvalue weighted by Crippen LogP contribution is 2.28. The van der Waals surface area contributed by atoms with Gasteiger partial charge in [-0.15, -0.1) is 0 Å². The van der Waals surface area contributed by atoms with Gasteiger partial charge in [-0.05, 0) is 30.0 Å². The lowest BCUT2D eigenvalue weighted by Gasteiger charge is -2.14. The van der Waals surface area contributed by atoms with Crippen molar-refractivity contribution in [2.24, 2.45) is 0 Å². The molecule has 2 atom stereocenters. The fourth-order valence-electron chi connectivity index (χ4n) is 3.79. The highest BCUT2D eigenvalue weighted by Gasteiger charge is 2.28. The van der Waals surface area contributed by atoms with Crippen molar-refractivity contribution in [2.75, 3.05) is 6.61 Å². The zero-order valence-electron chi connectivity index (χ0n) is 16.0. The van der Waals surface area contributed by atoms with Crippen LogP contribution in [0.4, 0.5) is 0 Å². The third-order valence-corrected chi connectivity index (χ3v) is 5.10. The van der Waals surface area contributed by atoms with Crippen LogP contribution in [0.25, 0.3) is 10.9 Å². The summed E-state index contributed by atoms with van der Waals surface area (Å²) in [5, 5.41) is 4.23. The van der Waals surface area contributed by atoms with Crippen molar-refractivity contribution in [3.63, 3.8) is 0 Å². The molecule has 0 saturated carbocycles. The van der Waals surface area contributed by atoms with E-state index in [1.54, 1.807) is 0 Å². The molecule has 3 N–H and O–H groups in total. The summed E-state index contributed by atoms with van der Waals surface area (Å²) < 4.78 is 7.84. The molecule has 2 aromatic carbocycles. The Hall–Kier alpha value is -2.67. The predicted molar refractivity (Wildman–Crippen MR) is 109 cm³/mol. The largest absolute Gasteiger partial charge is 0.367 e. The van der Waals surface area contributed by atoms with Gasteiger partial charge in [0.25, 0.3) is 0 Å². The number of fused-ring (bicyclic) bond motifs is 1. The van der Waals surface area contributed by atoms with Crippen LogP contribution in [0.2, 0.25) is 0 Å². The number of hydrazine groups is 1. The van der Waals surface area contributed by atoms with Crippen LogP contribution in [0.15, 0.2) is 60.7 Å². The van der Waals surface area contributed by atoms with Gasteiger partial charge in [0.2, 0.25) is 5.91 Å². The Morgan fingerprint density at radius 1 is 1.14 bits per heavy atom. The zero-order chi connectivity index (χ0) is 19.3. The molecule has 6 heteroatoms. The number of carbonyl (C=O) groups is 1. The average Bonchev–Trinajstić information content (AvgIpc) is 3.32. The van der Waals surface area contributed by atoms with Crippen molar-refractivity contribution in [1.82, 2.24) is 20.7 Å². The lowest BCUT2D eigenvalue weighted by Crippen LogP contribution is -2.45. The molecule has 146 valence electrons. The lowest BCUT2D eigenvalue weighted by atomic mass is 10.1. The maximum atomic E-state index is 12.2. The van der Waals surface area contributed by atoms with Gasteiger partial charge in [0.05, 0.1) is 18.8 Å². The van der Waals surface area contributed by atoms with E-state index in [-0.39, 0.29) is 24.7 Å². The van der Waals surface area contributed by atoms with E-state index in [0.29, 0.717) is 6.61 Å². The Balaban J connectivity index is 1.31. The predicted octanol–water partition coefficient (Wildman–Crippen LogP) is 2.86. The van der Waals surface area contributed by atoms with Gasteiger partial charge in [0.15, 0.2) is 0 Å². The summed E-state index contributed by atoms with van der Waals surface area (Å²) in [7, 11) is 0. The number of nitrogens with zero attached hydrogens (tertiary/aromatic N) is 1. The van der Waals surface area contributed by atoms with Gasteiger partial charge in [-0.2, -0.15) is 0 Å². The molecule has 1 saturated heterocycles. The van der Waals surface area contributed by atoms with E-state index in [1.165, 1.54) is 16.6 Å². The van der Waals surface area contributed by atoms with Crippen molar-refractivity contribution in [1.29, 1.82) is 0 Å². The number of nitrogens with one attached hydrogen (secondary N) is 3. The van der Waals surface area contributed by atoms with E-state index < -0.39 is 0 Å². The summed E-state index contributed by atoms with van der Waals surface area (Å²) in [6.45, 7) is 3.55. The van der Waals surface area contributed by atoms with Gasteiger partial charge in [0, 0.05) is 24.2 Å². The second-order valence-electron chi connectivity index (χ2n) is 7.05. The molecular formula is C22H26N4O2. The second-order valence-corrected chi connectivity index (χ2v) is 7.05. The molecule has 2 unspecified atom stereocenters. The quantitative estimate of drug-likeness (QED) is 0.591. The van der Waals surface area contributed by atoms with Gasteiger partial charge >= 0.3 is 0 Å². The summed E-state index contributed by atoms with van der Waals surface area (Å²) in [6, 6.07) is 20.6. The molecule has 1 aromatic heterocycles. The maximum absolute atomic E-state index is 12.2. The molecule has 1 fully saturated rings. The summed E-state index contributed by atoms with van der Waals surface area (Å²) >= 11 is 0. The first-order valence-electron chi connectivity index (χ1n) is 9.75. The number of aryl methyl sites for hydroxylation is 1. The number of amides is 1. The van der Waals surface area contributed by atoms with E-state index in [0.717, 1.165) is 18.5 Å². The van der Waals surface area contributed by atoms with Gasteiger partial charge in [-0.3, -0.25) is 4.79 Å². The number of aromatic nitrogens is 1. The van der Waals surface area contributed by atoms with E-state index in [1.807, 2.05) is 30.3 Å². The van der Waals surface area contributed by atoms with Crippen LogP contribution < -0.4 is 16.2 Å². The maximum Gasteiger partial charge on any atom is 0.247 e. The molecule has 4 rings (SSSR count). The fourth-order valence-corrected chi connectivity index (χ4v) is 3.79. The SMILES string of the molecule is CCn1c(C2CC(NC(=O)COCc3ccccc3)NN2)cc2ccccc21. The molecule has 28 heavy (non-hydrogen) atoms. The van der Waals surface area contributed by atoms with Crippen LogP contribution in [0.1, 0.15) is 30.6 Å². The number of rotatable bonds is 7. The minimum Gasteiger partial charge on any atom is -0.367 e. The number of hydrogen-bond acceptors (Lipinski definition) is 4. The fraction of sp³-hybridized carbons (Fsp3) is 0.318. The normalized spacial score (nSPS) is 19.2. The molecule has 0 radical (unpaired) electrons. The third-order valence-electron chi connectivity index (χ3n) is 5.10. The highest BCUT2D eigenvalue weighted by molar-refractivity contribution is 5.81. The summed E-state index contributed by atoms with van der Waals surface area (Å²) in [5.41, 5.74) is 10.0. The number of hydrogen-bond donors (Lipinski definition) is 3. The molecule has 1 aliphatic heterocycles. The standard InChI is InChI=1S/C22H26N4O2/c1-2-26-19-11-7-6-10-17(19)12-20(26)18-13-21(25-24-18)23-22(27)15-28-14-16-8-4-3-5-9-16/h3-12,18,21,24-25H,2,13-15H2,1H3,(H,23,27). The first kappa shape index (κ1) is 18.7. The van der Waals surface area contributed by atoms with Gasteiger partial charge < -0.3 is 14.6 Å². The van der Waals surface area contributed by atoms with Crippen LogP contribution in [-0.2, 0) is 22.7 Å². The van der Waals surface area contributed by atoms with Crippen LogP contribution in [0.3, 0.4) is 0 Å². The molecule has 1 amide bonds. The number of benzene rings is 2. The first-order valence-corrected chi connectivity index (χ1v) is 9.75. The molecule has 2 heterocycles. The number of carbonyl (C=O) groups excluding carboxylic acids is 1. The molecule has 1 aliphatic rings. The molecule has 0 spiro atoms. The minimum absolute atomic E-state index is 0.0486. The van der Waals surface area contributed by atoms with Gasteiger partial charge in [-0.1, -0.05) is 48.5 Å². The monoisotopic (exact) mass is 378 g/mol. The Bertz CT molecular complexity index is 938.